The number of sulfonamides is 1. The highest BCUT2D eigenvalue weighted by atomic mass is 35.5. The second-order valence-corrected chi connectivity index (χ2v) is 23.1. The van der Waals surface area contributed by atoms with Crippen LogP contribution in [0, 0.1) is 29.4 Å². The minimum absolute atomic E-state index is 0.00611. The van der Waals surface area contributed by atoms with E-state index in [4.69, 9.17) is 22.1 Å². The van der Waals surface area contributed by atoms with Crippen LogP contribution in [0.5, 0.6) is 0 Å². The molecule has 5 aromatic rings. The van der Waals surface area contributed by atoms with Gasteiger partial charge in [-0.25, -0.2) is 35.4 Å². The number of hydrogen-bond donors (Lipinski definition) is 2. The molecule has 0 saturated heterocycles. The average molecular weight is 1080 g/mol. The van der Waals surface area contributed by atoms with Crippen LogP contribution in [0.1, 0.15) is 79.0 Å². The Hall–Kier alpha value is -5.98. The van der Waals surface area contributed by atoms with Gasteiger partial charge in [-0.05, 0) is 87.3 Å². The number of sulfone groups is 1. The number of benzene rings is 2. The van der Waals surface area contributed by atoms with E-state index in [1.165, 1.54) is 13.8 Å². The number of ether oxygens (including phenoxy) is 1. The molecule has 3 N–H and O–H groups in total. The van der Waals surface area contributed by atoms with E-state index in [0.717, 1.165) is 42.7 Å². The van der Waals surface area contributed by atoms with Crippen LogP contribution in [-0.4, -0.2) is 89.0 Å². The van der Waals surface area contributed by atoms with Gasteiger partial charge in [0, 0.05) is 41.0 Å². The quantitative estimate of drug-likeness (QED) is 0.0917. The van der Waals surface area contributed by atoms with Crippen molar-refractivity contribution in [2.45, 2.75) is 99.7 Å². The number of aromatic nitrogens is 5. The van der Waals surface area contributed by atoms with Gasteiger partial charge in [-0.1, -0.05) is 23.6 Å². The van der Waals surface area contributed by atoms with Crippen molar-refractivity contribution in [2.75, 3.05) is 16.8 Å². The molecule has 0 aliphatic heterocycles. The first-order valence-electron chi connectivity index (χ1n) is 21.4. The molecule has 2 amide bonds. The van der Waals surface area contributed by atoms with Crippen LogP contribution in [0.4, 0.5) is 54.5 Å². The van der Waals surface area contributed by atoms with Gasteiger partial charge < -0.3 is 15.8 Å². The molecule has 28 heteroatoms. The number of nitrogens with two attached hydrogens (primary N) is 1. The molecule has 1 unspecified atom stereocenters. The molecule has 3 aromatic heterocycles. The van der Waals surface area contributed by atoms with Crippen molar-refractivity contribution in [3.63, 3.8) is 0 Å². The fourth-order valence-electron chi connectivity index (χ4n) is 8.67. The summed E-state index contributed by atoms with van der Waals surface area (Å²) in [7, 11) is -8.72. The molecule has 3 heterocycles. The maximum absolute atomic E-state index is 15.6. The van der Waals surface area contributed by atoms with Crippen molar-refractivity contribution < 1.29 is 75.1 Å². The molecule has 0 radical (unpaired) electrons. The summed E-state index contributed by atoms with van der Waals surface area (Å²) in [4.78, 5) is 32.3. The van der Waals surface area contributed by atoms with Gasteiger partial charge in [0.1, 0.15) is 47.0 Å². The molecule has 0 spiro atoms. The second-order valence-electron chi connectivity index (χ2n) is 18.3. The summed E-state index contributed by atoms with van der Waals surface area (Å²) in [5.74, 6) is -6.00. The van der Waals surface area contributed by atoms with Gasteiger partial charge in [0.15, 0.2) is 21.3 Å². The molecule has 3 atom stereocenters. The highest BCUT2D eigenvalue weighted by Gasteiger charge is 2.68. The Kier molecular flexibility index (Phi) is 13.0. The summed E-state index contributed by atoms with van der Waals surface area (Å²) in [5, 5.41) is 8.68. The average Bonchev–Trinajstić information content (AvgIpc) is 3.73. The van der Waals surface area contributed by atoms with Gasteiger partial charge in [-0.3, -0.25) is 14.2 Å². The van der Waals surface area contributed by atoms with Crippen LogP contribution in [0.2, 0.25) is 5.02 Å². The van der Waals surface area contributed by atoms with Crippen molar-refractivity contribution in [1.82, 2.24) is 29.9 Å². The highest BCUT2D eigenvalue weighted by molar-refractivity contribution is 7.93. The fourth-order valence-corrected chi connectivity index (χ4v) is 9.90. The van der Waals surface area contributed by atoms with E-state index in [1.807, 2.05) is 0 Å². The third kappa shape index (κ3) is 10.2. The smallest absolute Gasteiger partial charge is 0.435 e. The maximum Gasteiger partial charge on any atom is 0.435 e. The van der Waals surface area contributed by atoms with Crippen LogP contribution in [0.3, 0.4) is 0 Å². The molecular formula is C44H39ClF10N8O7S2. The van der Waals surface area contributed by atoms with E-state index < -0.39 is 160 Å². The van der Waals surface area contributed by atoms with Crippen molar-refractivity contribution >= 4 is 60.2 Å². The first-order valence-corrected chi connectivity index (χ1v) is 25.5. The molecule has 2 fully saturated rings. The summed E-state index contributed by atoms with van der Waals surface area (Å²) in [5.41, 5.74) is -0.0709. The van der Waals surface area contributed by atoms with Gasteiger partial charge in [0.25, 0.3) is 5.92 Å². The lowest BCUT2D eigenvalue weighted by atomic mass is 9.90. The van der Waals surface area contributed by atoms with Gasteiger partial charge in [-0.2, -0.15) is 49.6 Å². The van der Waals surface area contributed by atoms with Crippen LogP contribution in [-0.2, 0) is 61.0 Å². The van der Waals surface area contributed by atoms with Crippen molar-refractivity contribution in [1.29, 1.82) is 0 Å². The summed E-state index contributed by atoms with van der Waals surface area (Å²) in [6, 6.07) is 4.41. The fraction of sp³-hybridized carbons (Fsp3) is 0.432. The number of nitrogens with zero attached hydrogens (tertiary/aromatic N) is 6. The van der Waals surface area contributed by atoms with Crippen molar-refractivity contribution in [3.8, 4) is 23.0 Å². The standard InChI is InChI=1S/C44H39ClF10N8O7S2/c1-41(2,71(3,66)67)10-9-24-5-6-26(27-7-8-30(45)34-36(27)62(19-42(48,49)50)60-39(34)63(72(4,68)69)40(65)70-25-15-23(56)16-25)35(57-24)31(13-20-11-21(46)14-22(47)12-20)58-32(64)18-61-38-33(37(59-61)44(53,54)55)28-17-29(28)43(38,51)52/h5-8,11-12,14,23,25,28-29,31H,13,15-19,56H2,1-4H3,(H,58,64)/t23?,25?,28-,29?,31-/m0/s1. The first-order chi connectivity index (χ1) is 33.1. The molecule has 2 aromatic carbocycles. The molecular weight excluding hydrogens is 1040 g/mol. The largest absolute Gasteiger partial charge is 0.445 e. The Balaban J connectivity index is 1.35. The third-order valence-corrected chi connectivity index (χ3v) is 15.7. The number of carbonyl (C=O) groups is 2. The predicted molar refractivity (Wildman–Crippen MR) is 238 cm³/mol. The van der Waals surface area contributed by atoms with Gasteiger partial charge >= 0.3 is 18.4 Å². The lowest BCUT2D eigenvalue weighted by Crippen LogP contribution is -2.46. The number of pyridine rings is 1. The van der Waals surface area contributed by atoms with E-state index in [2.05, 4.69) is 32.3 Å². The summed E-state index contributed by atoms with van der Waals surface area (Å²) in [6.07, 6.45) is -12.1. The SMILES string of the molecule is CC(C)(C#Cc1ccc(-c2ccc(Cl)c3c(N(C(=O)OC4CC(N)C4)S(C)(=O)=O)nn(CC(F)(F)F)c23)c([C@H](Cc2cc(F)cc(F)c2)NC(=O)Cn2nc(C(F)(F)F)c3c2C(F)(F)C2C[C@H]32)n1)S(C)(=O)=O. The Morgan fingerprint density at radius 2 is 1.60 bits per heavy atom. The molecule has 72 heavy (non-hydrogen) atoms. The lowest BCUT2D eigenvalue weighted by Gasteiger charge is -2.32. The Morgan fingerprint density at radius 3 is 2.18 bits per heavy atom. The Bertz CT molecular complexity index is 3340. The van der Waals surface area contributed by atoms with Crippen LogP contribution >= 0.6 is 11.6 Å². The van der Waals surface area contributed by atoms with Crippen molar-refractivity contribution in [3.05, 3.63) is 93.0 Å². The number of rotatable bonds is 12. The summed E-state index contributed by atoms with van der Waals surface area (Å²) in [6.45, 7) is -0.793. The van der Waals surface area contributed by atoms with E-state index in [0.29, 0.717) is 12.3 Å². The number of amides is 2. The zero-order chi connectivity index (χ0) is 53.0. The van der Waals surface area contributed by atoms with Crippen LogP contribution in [0.25, 0.3) is 22.0 Å². The number of nitrogens with one attached hydrogen (secondary N) is 1. The van der Waals surface area contributed by atoms with Gasteiger partial charge in [0.2, 0.25) is 15.9 Å². The summed E-state index contributed by atoms with van der Waals surface area (Å²) >= 11 is 6.63. The number of halogens is 11. The monoisotopic (exact) mass is 1080 g/mol. The van der Waals surface area contributed by atoms with E-state index >= 15 is 8.78 Å². The molecule has 0 bridgehead atoms. The topological polar surface area (TPSA) is 201 Å². The third-order valence-electron chi connectivity index (χ3n) is 12.4. The maximum atomic E-state index is 15.6. The number of carbonyl (C=O) groups excluding carboxylic acids is 2. The van der Waals surface area contributed by atoms with Crippen LogP contribution in [0.15, 0.2) is 42.5 Å². The molecule has 3 aliphatic rings. The molecule has 386 valence electrons. The van der Waals surface area contributed by atoms with Gasteiger partial charge in [0.05, 0.1) is 33.9 Å². The second kappa shape index (κ2) is 17.9. The number of alkyl halides is 8. The van der Waals surface area contributed by atoms with E-state index in [1.54, 1.807) is 0 Å². The molecule has 3 aliphatic carbocycles. The van der Waals surface area contributed by atoms with Crippen LogP contribution < -0.4 is 15.4 Å². The predicted octanol–water partition coefficient (Wildman–Crippen LogP) is 7.68. The van der Waals surface area contributed by atoms with Gasteiger partial charge in [-0.15, -0.1) is 0 Å². The zero-order valence-corrected chi connectivity index (χ0v) is 40.2. The van der Waals surface area contributed by atoms with Crippen molar-refractivity contribution in [2.24, 2.45) is 11.7 Å². The van der Waals surface area contributed by atoms with E-state index in [-0.39, 0.29) is 55.3 Å². The minimum Gasteiger partial charge on any atom is -0.445 e. The lowest BCUT2D eigenvalue weighted by molar-refractivity contribution is -0.143. The minimum atomic E-state index is -5.22. The number of fused-ring (bicyclic) bond motifs is 4. The van der Waals surface area contributed by atoms with E-state index in [9.17, 15) is 61.5 Å². The highest BCUT2D eigenvalue weighted by Crippen LogP contribution is 2.68. The Labute approximate surface area is 408 Å². The first kappa shape index (κ1) is 52.3. The molecule has 8 rings (SSSR count). The number of anilines is 1. The normalized spacial score (nSPS) is 19.9. The molecule has 15 nitrogen and oxygen atoms in total. The molecule has 2 saturated carbocycles. The Morgan fingerprint density at radius 1 is 0.958 bits per heavy atom. The summed E-state index contributed by atoms with van der Waals surface area (Å²) < 4.78 is 203. The number of hydrogen-bond acceptors (Lipinski definition) is 11. The zero-order valence-electron chi connectivity index (χ0n) is 37.8.